The predicted molar refractivity (Wildman–Crippen MR) is 80.4 cm³/mol. The van der Waals surface area contributed by atoms with Crippen LogP contribution in [0, 0.1) is 0 Å². The average Bonchev–Trinajstić information content (AvgIpc) is 3.01. The lowest BCUT2D eigenvalue weighted by atomic mass is 9.99. The summed E-state index contributed by atoms with van der Waals surface area (Å²) in [6, 6.07) is -0.126. The average molecular weight is 283 g/mol. The summed E-state index contributed by atoms with van der Waals surface area (Å²) in [5.41, 5.74) is 10.9. The summed E-state index contributed by atoms with van der Waals surface area (Å²) in [6.45, 7) is 5.10. The molecule has 0 spiro atoms. The molecule has 0 saturated carbocycles. The lowest BCUT2D eigenvalue weighted by molar-refractivity contribution is 0.241. The normalized spacial score (nSPS) is 17.0. The van der Waals surface area contributed by atoms with Gasteiger partial charge < -0.3 is 4.74 Å². The topological polar surface area (TPSA) is 75.8 Å². The van der Waals surface area contributed by atoms with Crippen molar-refractivity contribution in [3.8, 4) is 0 Å². The number of nitrogens with zero attached hydrogens (tertiary/aromatic N) is 5. The molecular formula is C15H17N5O. The molecule has 6 heteroatoms. The molecule has 0 radical (unpaired) electrons. The smallest absolute Gasteiger partial charge is 0.126 e. The molecule has 6 nitrogen and oxygen atoms in total. The molecule has 108 valence electrons. The minimum Gasteiger partial charge on any atom is -0.493 e. The fourth-order valence-corrected chi connectivity index (χ4v) is 2.76. The molecule has 2 aliphatic rings. The van der Waals surface area contributed by atoms with Crippen LogP contribution >= 0.6 is 0 Å². The second kappa shape index (κ2) is 5.50. The summed E-state index contributed by atoms with van der Waals surface area (Å²) in [5, 5.41) is 10.3. The molecule has 0 amide bonds. The van der Waals surface area contributed by atoms with Gasteiger partial charge in [-0.25, -0.2) is 0 Å². The number of allylic oxidation sites excluding steroid dienone is 3. The molecule has 0 aliphatic heterocycles. The van der Waals surface area contributed by atoms with Crippen molar-refractivity contribution in [3.05, 3.63) is 50.7 Å². The van der Waals surface area contributed by atoms with Gasteiger partial charge in [-0.15, -0.1) is 0 Å². The third-order valence-electron chi connectivity index (χ3n) is 3.65. The van der Waals surface area contributed by atoms with Crippen LogP contribution in [0.2, 0.25) is 0 Å². The van der Waals surface area contributed by atoms with E-state index >= 15 is 0 Å². The number of azide groups is 1. The number of aromatic nitrogens is 2. The number of hydrogen-bond donors (Lipinski definition) is 0. The number of hydrogen-bond acceptors (Lipinski definition) is 3. The van der Waals surface area contributed by atoms with Crippen molar-refractivity contribution in [1.82, 2.24) is 9.78 Å². The molecule has 1 atom stereocenters. The third kappa shape index (κ3) is 2.34. The summed E-state index contributed by atoms with van der Waals surface area (Å²) in [4.78, 5) is 2.85. The predicted octanol–water partition coefficient (Wildman–Crippen LogP) is 1.78. The van der Waals surface area contributed by atoms with Crippen LogP contribution in [0.5, 0.6) is 0 Å². The van der Waals surface area contributed by atoms with E-state index in [-0.39, 0.29) is 6.04 Å². The Hall–Kier alpha value is -2.46. The van der Waals surface area contributed by atoms with Gasteiger partial charge in [0.05, 0.1) is 24.2 Å². The Bertz CT molecular complexity index is 793. The van der Waals surface area contributed by atoms with Gasteiger partial charge in [-0.05, 0) is 36.6 Å². The van der Waals surface area contributed by atoms with Gasteiger partial charge in [0.1, 0.15) is 5.76 Å². The number of fused-ring (bicyclic) bond motifs is 2. The maximum atomic E-state index is 8.51. The third-order valence-corrected chi connectivity index (χ3v) is 3.65. The van der Waals surface area contributed by atoms with Crippen LogP contribution in [0.25, 0.3) is 22.1 Å². The molecule has 0 bridgehead atoms. The van der Waals surface area contributed by atoms with Crippen LogP contribution in [-0.2, 0) is 11.3 Å². The van der Waals surface area contributed by atoms with Crippen molar-refractivity contribution in [1.29, 1.82) is 0 Å². The molecule has 0 fully saturated rings. The molecule has 0 saturated heterocycles. The van der Waals surface area contributed by atoms with E-state index in [0.717, 1.165) is 28.3 Å². The van der Waals surface area contributed by atoms with E-state index < -0.39 is 0 Å². The Balaban J connectivity index is 2.05. The summed E-state index contributed by atoms with van der Waals surface area (Å²) in [7, 11) is 0. The van der Waals surface area contributed by atoms with Crippen molar-refractivity contribution in [2.75, 3.05) is 6.61 Å². The van der Waals surface area contributed by atoms with E-state index in [0.29, 0.717) is 13.2 Å². The van der Waals surface area contributed by atoms with E-state index in [4.69, 9.17) is 10.3 Å². The minimum absolute atomic E-state index is 0.126. The molecule has 0 unspecified atom stereocenters. The van der Waals surface area contributed by atoms with Gasteiger partial charge in [0.25, 0.3) is 0 Å². The highest BCUT2D eigenvalue weighted by Crippen LogP contribution is 2.28. The maximum absolute atomic E-state index is 8.51. The second-order valence-electron chi connectivity index (χ2n) is 5.12. The highest BCUT2D eigenvalue weighted by molar-refractivity contribution is 5.84. The SMILES string of the molecule is CCOC1=C2C=c3c(cnn3C[C@H](C)N=[N+]=[N-])=C2CC=C1. The van der Waals surface area contributed by atoms with Gasteiger partial charge >= 0.3 is 0 Å². The van der Waals surface area contributed by atoms with Gasteiger partial charge in [0.15, 0.2) is 0 Å². The van der Waals surface area contributed by atoms with Crippen LogP contribution < -0.4 is 10.6 Å². The fourth-order valence-electron chi connectivity index (χ4n) is 2.76. The van der Waals surface area contributed by atoms with Crippen LogP contribution in [0.1, 0.15) is 20.3 Å². The Labute approximate surface area is 122 Å². The van der Waals surface area contributed by atoms with Crippen molar-refractivity contribution in [2.24, 2.45) is 5.11 Å². The molecule has 0 aromatic carbocycles. The first-order valence-corrected chi connectivity index (χ1v) is 7.09. The summed E-state index contributed by atoms with van der Waals surface area (Å²) in [5.74, 6) is 0.921. The quantitative estimate of drug-likeness (QED) is 0.469. The highest BCUT2D eigenvalue weighted by atomic mass is 16.5. The van der Waals surface area contributed by atoms with Crippen molar-refractivity contribution in [3.63, 3.8) is 0 Å². The fraction of sp³-hybridized carbons (Fsp3) is 0.400. The van der Waals surface area contributed by atoms with E-state index in [1.165, 1.54) is 5.57 Å². The molecule has 1 aromatic heterocycles. The minimum atomic E-state index is -0.126. The van der Waals surface area contributed by atoms with E-state index in [1.54, 1.807) is 0 Å². The van der Waals surface area contributed by atoms with Gasteiger partial charge in [-0.1, -0.05) is 18.1 Å². The van der Waals surface area contributed by atoms with Gasteiger partial charge in [0, 0.05) is 22.2 Å². The van der Waals surface area contributed by atoms with Crippen LogP contribution in [0.15, 0.2) is 34.8 Å². The number of ether oxygens (including phenoxy) is 1. The summed E-state index contributed by atoms with van der Waals surface area (Å²) in [6.07, 6.45) is 9.06. The summed E-state index contributed by atoms with van der Waals surface area (Å²) >= 11 is 0. The lowest BCUT2D eigenvalue weighted by Crippen LogP contribution is -2.30. The van der Waals surface area contributed by atoms with Crippen molar-refractivity contribution >= 4 is 11.6 Å². The largest absolute Gasteiger partial charge is 0.493 e. The van der Waals surface area contributed by atoms with Crippen LogP contribution in [-0.4, -0.2) is 22.4 Å². The molecule has 1 aromatic rings. The van der Waals surface area contributed by atoms with Crippen LogP contribution in [0.4, 0.5) is 0 Å². The highest BCUT2D eigenvalue weighted by Gasteiger charge is 2.20. The molecule has 21 heavy (non-hydrogen) atoms. The summed E-state index contributed by atoms with van der Waals surface area (Å²) < 4.78 is 7.60. The van der Waals surface area contributed by atoms with Gasteiger partial charge in [-0.2, -0.15) is 5.10 Å². The van der Waals surface area contributed by atoms with Gasteiger partial charge in [0.2, 0.25) is 0 Å². The zero-order valence-electron chi connectivity index (χ0n) is 12.2. The van der Waals surface area contributed by atoms with E-state index in [2.05, 4.69) is 27.3 Å². The zero-order chi connectivity index (χ0) is 14.8. The monoisotopic (exact) mass is 283 g/mol. The molecule has 3 rings (SSSR count). The Morgan fingerprint density at radius 1 is 1.57 bits per heavy atom. The number of rotatable bonds is 5. The van der Waals surface area contributed by atoms with E-state index in [1.807, 2.05) is 30.8 Å². The first-order valence-electron chi connectivity index (χ1n) is 7.09. The standard InChI is InChI=1S/C15H17N5O/c1-3-21-15-6-4-5-11-12(15)7-14-13(11)8-17-20(14)9-10(2)18-19-16/h4,6-8,10H,3,5,9H2,1-2H3/t10-/m0/s1. The van der Waals surface area contributed by atoms with E-state index in [9.17, 15) is 0 Å². The zero-order valence-corrected chi connectivity index (χ0v) is 12.2. The first kappa shape index (κ1) is 13.5. The van der Waals surface area contributed by atoms with Gasteiger partial charge in [-0.3, -0.25) is 4.68 Å². The Morgan fingerprint density at radius 3 is 3.19 bits per heavy atom. The Morgan fingerprint density at radius 2 is 2.43 bits per heavy atom. The molecule has 1 heterocycles. The second-order valence-corrected chi connectivity index (χ2v) is 5.12. The molecule has 0 N–H and O–H groups in total. The molecular weight excluding hydrogens is 266 g/mol. The Kier molecular flexibility index (Phi) is 3.54. The maximum Gasteiger partial charge on any atom is 0.126 e. The first-order chi connectivity index (χ1) is 10.2. The van der Waals surface area contributed by atoms with Crippen molar-refractivity contribution < 1.29 is 4.74 Å². The lowest BCUT2D eigenvalue weighted by Gasteiger charge is -2.14. The van der Waals surface area contributed by atoms with Crippen molar-refractivity contribution in [2.45, 2.75) is 32.9 Å². The van der Waals surface area contributed by atoms with Crippen LogP contribution in [0.3, 0.4) is 0 Å². The molecule has 2 aliphatic carbocycles.